The SMILES string of the molecule is CCCCCCCC/C=C\CCCCCCCC(=O)O[Si](C)(C)CCCCCCCC. The number of hydrogen-bond acceptors (Lipinski definition) is 2. The Hall–Kier alpha value is -0.573. The molecule has 0 bridgehead atoms. The number of carbonyl (C=O) groups is 1. The highest BCUT2D eigenvalue weighted by molar-refractivity contribution is 6.72. The zero-order valence-corrected chi connectivity index (χ0v) is 22.8. The third-order valence-electron chi connectivity index (χ3n) is 6.17. The summed E-state index contributed by atoms with van der Waals surface area (Å²) in [6.07, 6.45) is 30.0. The van der Waals surface area contributed by atoms with Gasteiger partial charge in [0.25, 0.3) is 5.97 Å². The second kappa shape index (κ2) is 22.6. The minimum Gasteiger partial charge on any atom is -0.520 e. The van der Waals surface area contributed by atoms with Crippen molar-refractivity contribution in [3.8, 4) is 0 Å². The van der Waals surface area contributed by atoms with Crippen molar-refractivity contribution in [3.05, 3.63) is 12.2 Å². The molecular formula is C28H56O2Si. The lowest BCUT2D eigenvalue weighted by molar-refractivity contribution is -0.135. The van der Waals surface area contributed by atoms with Gasteiger partial charge in [-0.25, -0.2) is 0 Å². The standard InChI is InChI=1S/C28H56O2Si/c1-5-7-9-11-13-14-15-16-17-18-19-20-21-22-24-26-28(29)30-31(3,4)27-25-23-12-10-8-6-2/h16-17H,5-15,18-27H2,1-4H3/b17-16-. The van der Waals surface area contributed by atoms with E-state index >= 15 is 0 Å². The Kier molecular flexibility index (Phi) is 22.2. The zero-order valence-electron chi connectivity index (χ0n) is 21.8. The van der Waals surface area contributed by atoms with Crippen molar-refractivity contribution < 1.29 is 9.22 Å². The van der Waals surface area contributed by atoms with Crippen molar-refractivity contribution >= 4 is 14.3 Å². The van der Waals surface area contributed by atoms with Crippen LogP contribution >= 0.6 is 0 Å². The third kappa shape index (κ3) is 23.9. The lowest BCUT2D eigenvalue weighted by Crippen LogP contribution is -2.33. The Balaban J connectivity index is 3.47. The molecule has 0 unspecified atom stereocenters. The molecule has 0 aliphatic rings. The molecule has 184 valence electrons. The first kappa shape index (κ1) is 30.4. The topological polar surface area (TPSA) is 26.3 Å². The van der Waals surface area contributed by atoms with E-state index in [1.165, 1.54) is 109 Å². The first-order valence-electron chi connectivity index (χ1n) is 13.9. The Labute approximate surface area is 197 Å². The van der Waals surface area contributed by atoms with Crippen LogP contribution in [0.5, 0.6) is 0 Å². The maximum absolute atomic E-state index is 12.2. The Morgan fingerprint density at radius 2 is 1.03 bits per heavy atom. The maximum atomic E-state index is 12.2. The fraction of sp³-hybridized carbons (Fsp3) is 0.893. The van der Waals surface area contributed by atoms with E-state index in [-0.39, 0.29) is 5.97 Å². The van der Waals surface area contributed by atoms with Crippen molar-refractivity contribution in [2.75, 3.05) is 0 Å². The molecule has 31 heavy (non-hydrogen) atoms. The number of allylic oxidation sites excluding steroid dienone is 2. The van der Waals surface area contributed by atoms with Crippen molar-refractivity contribution in [2.45, 2.75) is 161 Å². The van der Waals surface area contributed by atoms with Crippen LogP contribution < -0.4 is 0 Å². The van der Waals surface area contributed by atoms with Crippen LogP contribution in [0, 0.1) is 0 Å². The van der Waals surface area contributed by atoms with E-state index < -0.39 is 8.32 Å². The number of unbranched alkanes of at least 4 members (excludes halogenated alkanes) is 16. The highest BCUT2D eigenvalue weighted by Gasteiger charge is 2.25. The van der Waals surface area contributed by atoms with Crippen LogP contribution in [0.4, 0.5) is 0 Å². The number of carbonyl (C=O) groups excluding carboxylic acids is 1. The Bertz CT molecular complexity index is 417. The summed E-state index contributed by atoms with van der Waals surface area (Å²) < 4.78 is 5.88. The Morgan fingerprint density at radius 1 is 0.613 bits per heavy atom. The first-order valence-corrected chi connectivity index (χ1v) is 17.0. The van der Waals surface area contributed by atoms with Gasteiger partial charge in [0.1, 0.15) is 0 Å². The predicted octanol–water partition coefficient (Wildman–Crippen LogP) is 10.1. The molecule has 0 saturated heterocycles. The molecule has 0 aliphatic carbocycles. The van der Waals surface area contributed by atoms with Gasteiger partial charge in [0.05, 0.1) is 0 Å². The minimum absolute atomic E-state index is 0.0558. The van der Waals surface area contributed by atoms with Gasteiger partial charge in [-0.15, -0.1) is 0 Å². The summed E-state index contributed by atoms with van der Waals surface area (Å²) in [6, 6.07) is 1.12. The van der Waals surface area contributed by atoms with Gasteiger partial charge >= 0.3 is 0 Å². The van der Waals surface area contributed by atoms with Crippen LogP contribution in [0.3, 0.4) is 0 Å². The fourth-order valence-corrected chi connectivity index (χ4v) is 6.00. The molecule has 2 nitrogen and oxygen atoms in total. The van der Waals surface area contributed by atoms with Gasteiger partial charge < -0.3 is 4.43 Å². The molecule has 0 aliphatic heterocycles. The van der Waals surface area contributed by atoms with E-state index in [4.69, 9.17) is 4.43 Å². The summed E-state index contributed by atoms with van der Waals surface area (Å²) in [6.45, 7) is 8.94. The third-order valence-corrected chi connectivity index (χ3v) is 8.50. The largest absolute Gasteiger partial charge is 0.520 e. The van der Waals surface area contributed by atoms with Crippen LogP contribution in [0.2, 0.25) is 19.1 Å². The summed E-state index contributed by atoms with van der Waals surface area (Å²) >= 11 is 0. The zero-order chi connectivity index (χ0) is 23.0. The average molecular weight is 453 g/mol. The summed E-state index contributed by atoms with van der Waals surface area (Å²) in [5.41, 5.74) is 0. The van der Waals surface area contributed by atoms with Crippen LogP contribution in [-0.4, -0.2) is 14.3 Å². The van der Waals surface area contributed by atoms with Gasteiger partial charge in [0.15, 0.2) is 0 Å². The summed E-state index contributed by atoms with van der Waals surface area (Å²) in [5.74, 6) is 0.0558. The second-order valence-electron chi connectivity index (χ2n) is 10.1. The van der Waals surface area contributed by atoms with Crippen molar-refractivity contribution in [1.29, 1.82) is 0 Å². The van der Waals surface area contributed by atoms with Crippen LogP contribution in [-0.2, 0) is 9.22 Å². The van der Waals surface area contributed by atoms with Crippen LogP contribution in [0.1, 0.15) is 142 Å². The Morgan fingerprint density at radius 3 is 1.55 bits per heavy atom. The van der Waals surface area contributed by atoms with Gasteiger partial charge in [0.2, 0.25) is 8.32 Å². The number of hydrogen-bond donors (Lipinski definition) is 0. The summed E-state index contributed by atoms with van der Waals surface area (Å²) in [4.78, 5) is 12.2. The van der Waals surface area contributed by atoms with E-state index in [1.807, 2.05) is 0 Å². The highest BCUT2D eigenvalue weighted by Crippen LogP contribution is 2.19. The van der Waals surface area contributed by atoms with Crippen molar-refractivity contribution in [2.24, 2.45) is 0 Å². The summed E-state index contributed by atoms with van der Waals surface area (Å²) in [7, 11) is -1.80. The van der Waals surface area contributed by atoms with Gasteiger partial charge in [-0.05, 0) is 51.2 Å². The summed E-state index contributed by atoms with van der Waals surface area (Å²) in [5, 5.41) is 0. The molecule has 0 amide bonds. The smallest absolute Gasteiger partial charge is 0.292 e. The molecule has 0 heterocycles. The van der Waals surface area contributed by atoms with E-state index in [9.17, 15) is 4.79 Å². The number of rotatable bonds is 23. The van der Waals surface area contributed by atoms with Crippen LogP contribution in [0.15, 0.2) is 12.2 Å². The van der Waals surface area contributed by atoms with Gasteiger partial charge in [-0.2, -0.15) is 0 Å². The van der Waals surface area contributed by atoms with E-state index in [0.29, 0.717) is 6.42 Å². The molecule has 0 aromatic carbocycles. The molecule has 0 rings (SSSR count). The minimum atomic E-state index is -1.80. The van der Waals surface area contributed by atoms with Crippen molar-refractivity contribution in [3.63, 3.8) is 0 Å². The molecule has 0 fully saturated rings. The van der Waals surface area contributed by atoms with Crippen molar-refractivity contribution in [1.82, 2.24) is 0 Å². The van der Waals surface area contributed by atoms with E-state index in [2.05, 4.69) is 39.1 Å². The molecule has 0 saturated carbocycles. The molecule has 0 aromatic heterocycles. The molecule has 3 heteroatoms. The predicted molar refractivity (Wildman–Crippen MR) is 141 cm³/mol. The molecule has 0 N–H and O–H groups in total. The van der Waals surface area contributed by atoms with E-state index in [0.717, 1.165) is 18.9 Å². The fourth-order valence-electron chi connectivity index (χ4n) is 4.08. The lowest BCUT2D eigenvalue weighted by atomic mass is 10.1. The second-order valence-corrected chi connectivity index (χ2v) is 14.3. The average Bonchev–Trinajstić information content (AvgIpc) is 2.73. The van der Waals surface area contributed by atoms with Gasteiger partial charge in [-0.3, -0.25) is 4.79 Å². The lowest BCUT2D eigenvalue weighted by Gasteiger charge is -2.22. The maximum Gasteiger partial charge on any atom is 0.292 e. The quantitative estimate of drug-likeness (QED) is 0.0875. The molecule has 0 aromatic rings. The van der Waals surface area contributed by atoms with Gasteiger partial charge in [0, 0.05) is 6.42 Å². The normalized spacial score (nSPS) is 12.0. The molecule has 0 radical (unpaired) electrons. The van der Waals surface area contributed by atoms with Gasteiger partial charge in [-0.1, -0.05) is 116 Å². The van der Waals surface area contributed by atoms with Crippen LogP contribution in [0.25, 0.3) is 0 Å². The first-order chi connectivity index (χ1) is 15.0. The molecular weight excluding hydrogens is 396 g/mol. The highest BCUT2D eigenvalue weighted by atomic mass is 28.4. The monoisotopic (exact) mass is 452 g/mol. The molecule has 0 atom stereocenters. The van der Waals surface area contributed by atoms with E-state index in [1.54, 1.807) is 0 Å². The molecule has 0 spiro atoms.